The predicted octanol–water partition coefficient (Wildman–Crippen LogP) is 1.93. The lowest BCUT2D eigenvalue weighted by Gasteiger charge is -2.49. The highest BCUT2D eigenvalue weighted by Gasteiger charge is 2.54. The summed E-state index contributed by atoms with van der Waals surface area (Å²) in [4.78, 5) is 61.4. The third-order valence-corrected chi connectivity index (χ3v) is 8.05. The Morgan fingerprint density at radius 3 is 2.71 bits per heavy atom. The average molecular weight is 622 g/mol. The van der Waals surface area contributed by atoms with Crippen LogP contribution in [-0.4, -0.2) is 72.9 Å². The number of oxime groups is 1. The standard InChI is InChI=1S/C24H27N7O7S3/c1-12(38-22(35)24(2,3)4)37-21(34)18-13(5-6-14-11-41-30-29-14)9-39-20-17(19(33)31(18)20)28-16(32)7-26-36-8-15-10-40-23(25)27-15/h5-7,10-12,17,20H,8-9H2,1-4H3,(H2,25,27)(H,28,32)/b6-5-,26-7-. The third kappa shape index (κ3) is 7.47. The van der Waals surface area contributed by atoms with Crippen LogP contribution in [0.4, 0.5) is 5.13 Å². The normalized spacial score (nSPS) is 19.6. The number of amides is 2. The number of thioether (sulfide) groups is 1. The first kappa shape index (κ1) is 30.1. The van der Waals surface area contributed by atoms with Crippen LogP contribution in [0.3, 0.4) is 0 Å². The van der Waals surface area contributed by atoms with Gasteiger partial charge >= 0.3 is 11.9 Å². The van der Waals surface area contributed by atoms with Crippen molar-refractivity contribution >= 4 is 75.8 Å². The Balaban J connectivity index is 1.44. The summed E-state index contributed by atoms with van der Waals surface area (Å²) >= 11 is 3.78. The monoisotopic (exact) mass is 621 g/mol. The number of aromatic nitrogens is 3. The minimum absolute atomic E-state index is 0.0121. The van der Waals surface area contributed by atoms with Gasteiger partial charge in [-0.3, -0.25) is 19.3 Å². The minimum Gasteiger partial charge on any atom is -0.425 e. The van der Waals surface area contributed by atoms with Crippen molar-refractivity contribution in [3.63, 3.8) is 0 Å². The van der Waals surface area contributed by atoms with E-state index >= 15 is 0 Å². The van der Waals surface area contributed by atoms with Gasteiger partial charge in [0.15, 0.2) is 11.7 Å². The van der Waals surface area contributed by atoms with Gasteiger partial charge in [-0.25, -0.2) is 9.78 Å². The molecule has 2 aliphatic heterocycles. The summed E-state index contributed by atoms with van der Waals surface area (Å²) in [6.45, 7) is 6.46. The zero-order chi connectivity index (χ0) is 29.7. The van der Waals surface area contributed by atoms with E-state index in [-0.39, 0.29) is 12.3 Å². The molecule has 218 valence electrons. The highest BCUT2D eigenvalue weighted by molar-refractivity contribution is 8.00. The number of nitrogens with one attached hydrogen (secondary N) is 1. The van der Waals surface area contributed by atoms with Crippen molar-refractivity contribution in [3.8, 4) is 0 Å². The van der Waals surface area contributed by atoms with Crippen molar-refractivity contribution in [2.24, 2.45) is 10.6 Å². The number of carbonyl (C=O) groups excluding carboxylic acids is 4. The highest BCUT2D eigenvalue weighted by Crippen LogP contribution is 2.41. The molecule has 4 rings (SSSR count). The molecule has 17 heteroatoms. The number of rotatable bonds is 10. The highest BCUT2D eigenvalue weighted by atomic mass is 32.2. The van der Waals surface area contributed by atoms with Crippen LogP contribution in [0.15, 0.2) is 33.3 Å². The molecule has 0 saturated carbocycles. The summed E-state index contributed by atoms with van der Waals surface area (Å²) in [6.07, 6.45) is 3.02. The lowest BCUT2D eigenvalue weighted by molar-refractivity contribution is -0.190. The molecular weight excluding hydrogens is 595 g/mol. The molecule has 2 amide bonds. The summed E-state index contributed by atoms with van der Waals surface area (Å²) in [6, 6.07) is -0.912. The van der Waals surface area contributed by atoms with Gasteiger partial charge in [0.1, 0.15) is 23.3 Å². The number of thiazole rings is 1. The second-order valence-corrected chi connectivity index (χ2v) is 12.4. The number of carbonyl (C=O) groups is 4. The fourth-order valence-corrected chi connectivity index (χ4v) is 5.80. The first-order valence-corrected chi connectivity index (χ1v) is 14.9. The van der Waals surface area contributed by atoms with Gasteiger partial charge in [0.25, 0.3) is 11.8 Å². The minimum atomic E-state index is -1.20. The fourth-order valence-electron chi connectivity index (χ4n) is 3.52. The molecule has 0 bridgehead atoms. The van der Waals surface area contributed by atoms with E-state index in [1.807, 2.05) is 0 Å². The lowest BCUT2D eigenvalue weighted by Crippen LogP contribution is -2.70. The Hall–Kier alpha value is -3.83. The quantitative estimate of drug-likeness (QED) is 0.129. The number of hydrogen-bond donors (Lipinski definition) is 2. The summed E-state index contributed by atoms with van der Waals surface area (Å²) in [5.41, 5.74) is 6.39. The number of β-lactam (4-membered cyclic amide) rings is 1. The van der Waals surface area contributed by atoms with Gasteiger partial charge in [-0.1, -0.05) is 15.7 Å². The molecule has 0 spiro atoms. The summed E-state index contributed by atoms with van der Waals surface area (Å²) in [5.74, 6) is -2.25. The first-order valence-electron chi connectivity index (χ1n) is 12.1. The van der Waals surface area contributed by atoms with E-state index in [0.717, 1.165) is 6.21 Å². The Bertz CT molecular complexity index is 1400. The van der Waals surface area contributed by atoms with Crippen LogP contribution in [0.1, 0.15) is 39.1 Å². The van der Waals surface area contributed by atoms with Gasteiger partial charge in [0, 0.05) is 23.4 Å². The molecule has 1 saturated heterocycles. The van der Waals surface area contributed by atoms with Crippen LogP contribution in [0.5, 0.6) is 0 Å². The second kappa shape index (κ2) is 12.8. The van der Waals surface area contributed by atoms with Crippen molar-refractivity contribution in [2.45, 2.75) is 52.0 Å². The van der Waals surface area contributed by atoms with E-state index in [0.29, 0.717) is 27.8 Å². The number of esters is 2. The Morgan fingerprint density at radius 2 is 2.05 bits per heavy atom. The van der Waals surface area contributed by atoms with Gasteiger partial charge in [-0.05, 0) is 44.0 Å². The molecule has 0 radical (unpaired) electrons. The Labute approximate surface area is 247 Å². The molecule has 2 aromatic heterocycles. The van der Waals surface area contributed by atoms with E-state index in [9.17, 15) is 19.2 Å². The van der Waals surface area contributed by atoms with Crippen molar-refractivity contribution < 1.29 is 33.5 Å². The molecule has 3 atom stereocenters. The van der Waals surface area contributed by atoms with Gasteiger partial charge in [0.2, 0.25) is 6.29 Å². The Morgan fingerprint density at radius 1 is 1.27 bits per heavy atom. The van der Waals surface area contributed by atoms with Gasteiger partial charge in [-0.15, -0.1) is 28.2 Å². The van der Waals surface area contributed by atoms with Crippen molar-refractivity contribution in [2.75, 3.05) is 11.5 Å². The van der Waals surface area contributed by atoms with E-state index in [1.54, 1.807) is 43.7 Å². The number of fused-ring (bicyclic) bond motifs is 1. The summed E-state index contributed by atoms with van der Waals surface area (Å²) in [7, 11) is 0. The number of allylic oxidation sites excluding steroid dienone is 1. The SMILES string of the molecule is CC(OC(=O)C1=C(/C=C\c2csnn2)CSC2C(NC(=O)/C=N\OCc3csc(N)n3)C(=O)N12)OC(=O)C(C)(C)C. The molecule has 0 aromatic carbocycles. The maximum atomic E-state index is 13.3. The number of ether oxygens (including phenoxy) is 2. The van der Waals surface area contributed by atoms with Crippen LogP contribution in [0.25, 0.3) is 6.08 Å². The van der Waals surface area contributed by atoms with Crippen LogP contribution < -0.4 is 11.1 Å². The lowest BCUT2D eigenvalue weighted by atomic mass is 9.97. The van der Waals surface area contributed by atoms with E-state index in [1.165, 1.54) is 46.5 Å². The molecule has 2 aromatic rings. The number of anilines is 1. The maximum Gasteiger partial charge on any atom is 0.358 e. The Kier molecular flexibility index (Phi) is 9.39. The molecule has 14 nitrogen and oxygen atoms in total. The van der Waals surface area contributed by atoms with E-state index in [2.05, 4.69) is 25.0 Å². The smallest absolute Gasteiger partial charge is 0.358 e. The number of nitrogen functional groups attached to an aromatic ring is 1. The maximum absolute atomic E-state index is 13.3. The zero-order valence-corrected chi connectivity index (χ0v) is 24.9. The number of nitrogens with two attached hydrogens (primary N) is 1. The van der Waals surface area contributed by atoms with Gasteiger partial charge in [0.05, 0.1) is 16.8 Å². The summed E-state index contributed by atoms with van der Waals surface area (Å²) < 4.78 is 14.5. The molecule has 0 aliphatic carbocycles. The molecule has 4 heterocycles. The second-order valence-electron chi connectivity index (χ2n) is 9.75. The van der Waals surface area contributed by atoms with Crippen molar-refractivity contribution in [3.05, 3.63) is 39.5 Å². The largest absolute Gasteiger partial charge is 0.425 e. The van der Waals surface area contributed by atoms with Crippen LogP contribution in [-0.2, 0) is 40.1 Å². The summed E-state index contributed by atoms with van der Waals surface area (Å²) in [5, 5.41) is 13.4. The molecule has 3 unspecified atom stereocenters. The van der Waals surface area contributed by atoms with Gasteiger partial charge in [-0.2, -0.15) is 0 Å². The fraction of sp³-hybridized carbons (Fsp3) is 0.417. The molecule has 2 aliphatic rings. The van der Waals surface area contributed by atoms with E-state index < -0.39 is 46.9 Å². The molecular formula is C24H27N7O7S3. The van der Waals surface area contributed by atoms with Crippen LogP contribution in [0.2, 0.25) is 0 Å². The topological polar surface area (TPSA) is 188 Å². The zero-order valence-electron chi connectivity index (χ0n) is 22.4. The number of nitrogens with zero attached hydrogens (tertiary/aromatic N) is 5. The van der Waals surface area contributed by atoms with Gasteiger partial charge < -0.3 is 25.4 Å². The van der Waals surface area contributed by atoms with Crippen molar-refractivity contribution in [1.29, 1.82) is 0 Å². The molecule has 1 fully saturated rings. The molecule has 41 heavy (non-hydrogen) atoms. The van der Waals surface area contributed by atoms with E-state index in [4.69, 9.17) is 20.0 Å². The van der Waals surface area contributed by atoms with Crippen LogP contribution >= 0.6 is 34.6 Å². The number of hydrogen-bond acceptors (Lipinski definition) is 15. The third-order valence-electron chi connectivity index (χ3n) is 5.51. The average Bonchev–Trinajstić information content (AvgIpc) is 3.58. The molecule has 3 N–H and O–H groups in total. The van der Waals surface area contributed by atoms with Crippen molar-refractivity contribution in [1.82, 2.24) is 24.8 Å². The first-order chi connectivity index (χ1) is 19.4. The predicted molar refractivity (Wildman–Crippen MR) is 152 cm³/mol. The van der Waals surface area contributed by atoms with Crippen LogP contribution in [0, 0.1) is 5.41 Å².